The molecule has 0 bridgehead atoms. The lowest BCUT2D eigenvalue weighted by atomic mass is 10.1. The van der Waals surface area contributed by atoms with E-state index >= 15 is 0 Å². The van der Waals surface area contributed by atoms with Crippen molar-refractivity contribution in [2.75, 3.05) is 45.6 Å². The van der Waals surface area contributed by atoms with Crippen molar-refractivity contribution < 1.29 is 27.9 Å². The van der Waals surface area contributed by atoms with Gasteiger partial charge in [-0.15, -0.1) is 0 Å². The van der Waals surface area contributed by atoms with Crippen LogP contribution in [0.3, 0.4) is 0 Å². The van der Waals surface area contributed by atoms with Crippen molar-refractivity contribution in [2.24, 2.45) is 0 Å². The van der Waals surface area contributed by atoms with Crippen LogP contribution in [0.2, 0.25) is 0 Å². The Bertz CT molecular complexity index is 833. The molecule has 0 aromatic heterocycles. The summed E-state index contributed by atoms with van der Waals surface area (Å²) in [5.74, 6) is -0.616. The lowest BCUT2D eigenvalue weighted by Gasteiger charge is -2.36. The van der Waals surface area contributed by atoms with Gasteiger partial charge in [-0.2, -0.15) is 4.31 Å². The Hall–Kier alpha value is -2.17. The molecule has 1 atom stereocenters. The molecule has 2 N–H and O–H groups in total. The largest absolute Gasteiger partial charge is 0.493 e. The molecule has 3 rings (SSSR count). The molecule has 0 aliphatic carbocycles. The fourth-order valence-electron chi connectivity index (χ4n) is 3.34. The molecule has 2 aliphatic rings. The number of fused-ring (bicyclic) bond motifs is 1. The van der Waals surface area contributed by atoms with E-state index in [0.717, 1.165) is 24.0 Å². The molecular weight excluding hydrogens is 374 g/mol. The van der Waals surface area contributed by atoms with Gasteiger partial charge in [0.05, 0.1) is 12.9 Å². The van der Waals surface area contributed by atoms with Gasteiger partial charge >= 0.3 is 5.97 Å². The summed E-state index contributed by atoms with van der Waals surface area (Å²) in [5, 5.41) is 12.2. The van der Waals surface area contributed by atoms with Crippen molar-refractivity contribution in [3.05, 3.63) is 29.3 Å². The summed E-state index contributed by atoms with van der Waals surface area (Å²) >= 11 is 0. The Balaban J connectivity index is 1.59. The van der Waals surface area contributed by atoms with Crippen LogP contribution in [0.4, 0.5) is 0 Å². The Morgan fingerprint density at radius 2 is 1.96 bits per heavy atom. The monoisotopic (exact) mass is 397 g/mol. The number of carbonyl (C=O) groups excluding carboxylic acids is 1. The van der Waals surface area contributed by atoms with E-state index in [-0.39, 0.29) is 25.5 Å². The second-order valence-corrected chi connectivity index (χ2v) is 8.67. The third-order valence-corrected chi connectivity index (χ3v) is 6.18. The smallest absolute Gasteiger partial charge is 0.322 e. The number of hydrogen-bond donors (Lipinski definition) is 2. The molecule has 0 saturated carbocycles. The number of carbonyl (C=O) groups is 2. The molecule has 148 valence electrons. The summed E-state index contributed by atoms with van der Waals surface area (Å²) in [6, 6.07) is 4.25. The first-order valence-electron chi connectivity index (χ1n) is 8.71. The van der Waals surface area contributed by atoms with E-state index in [1.54, 1.807) is 23.1 Å². The molecule has 9 nitrogen and oxygen atoms in total. The van der Waals surface area contributed by atoms with Crippen molar-refractivity contribution in [3.63, 3.8) is 0 Å². The molecule has 1 fully saturated rings. The number of hydrogen-bond acceptors (Lipinski definition) is 6. The summed E-state index contributed by atoms with van der Waals surface area (Å²) in [4.78, 5) is 25.7. The highest BCUT2D eigenvalue weighted by atomic mass is 32.2. The van der Waals surface area contributed by atoms with E-state index in [0.29, 0.717) is 25.3 Å². The first-order valence-corrected chi connectivity index (χ1v) is 10.6. The predicted octanol–water partition coefficient (Wildman–Crippen LogP) is -0.618. The summed E-state index contributed by atoms with van der Waals surface area (Å²) in [6.45, 7) is 1.62. The van der Waals surface area contributed by atoms with Gasteiger partial charge in [0, 0.05) is 44.7 Å². The Morgan fingerprint density at radius 1 is 1.26 bits per heavy atom. The van der Waals surface area contributed by atoms with E-state index in [9.17, 15) is 23.1 Å². The molecule has 2 heterocycles. The van der Waals surface area contributed by atoms with E-state index in [4.69, 9.17) is 4.74 Å². The Kier molecular flexibility index (Phi) is 5.68. The molecule has 2 aliphatic heterocycles. The van der Waals surface area contributed by atoms with Crippen LogP contribution in [0, 0.1) is 0 Å². The van der Waals surface area contributed by atoms with Crippen molar-refractivity contribution in [1.82, 2.24) is 14.5 Å². The molecule has 1 aromatic rings. The van der Waals surface area contributed by atoms with Gasteiger partial charge in [0.1, 0.15) is 11.8 Å². The quantitative estimate of drug-likeness (QED) is 0.657. The maximum Gasteiger partial charge on any atom is 0.322 e. The average molecular weight is 397 g/mol. The van der Waals surface area contributed by atoms with Crippen LogP contribution in [0.25, 0.3) is 0 Å². The van der Waals surface area contributed by atoms with Crippen LogP contribution in [0.15, 0.2) is 18.2 Å². The highest BCUT2D eigenvalue weighted by molar-refractivity contribution is 7.88. The standard InChI is InChI=1S/C17H23N3O6S/c1-27(24,25)20-7-5-19(6-8-20)14(17(22)23)11-18-16(21)13-2-3-15-12(10-13)4-9-26-15/h2-3,10,14H,4-9,11H2,1H3,(H,18,21)(H,22,23). The summed E-state index contributed by atoms with van der Waals surface area (Å²) in [7, 11) is -3.28. The Labute approximate surface area is 157 Å². The number of sulfonamides is 1. The van der Waals surface area contributed by atoms with Gasteiger partial charge < -0.3 is 15.2 Å². The Morgan fingerprint density at radius 3 is 2.59 bits per heavy atom. The van der Waals surface area contributed by atoms with Gasteiger partial charge in [0.15, 0.2) is 0 Å². The number of aliphatic carboxylic acids is 1. The molecular formula is C17H23N3O6S. The average Bonchev–Trinajstić information content (AvgIpc) is 3.08. The molecule has 10 heteroatoms. The molecule has 1 amide bonds. The molecule has 0 spiro atoms. The van der Waals surface area contributed by atoms with Crippen LogP contribution in [-0.4, -0.2) is 86.2 Å². The number of piperazine rings is 1. The first-order chi connectivity index (χ1) is 12.8. The number of carboxylic acid groups (broad SMARTS) is 1. The molecule has 1 unspecified atom stereocenters. The minimum absolute atomic E-state index is 0.0549. The lowest BCUT2D eigenvalue weighted by Crippen LogP contribution is -2.56. The first kappa shape index (κ1) is 19.6. The van der Waals surface area contributed by atoms with Gasteiger partial charge in [0.25, 0.3) is 5.91 Å². The zero-order valence-electron chi connectivity index (χ0n) is 15.1. The van der Waals surface area contributed by atoms with Gasteiger partial charge in [-0.3, -0.25) is 14.5 Å². The third-order valence-electron chi connectivity index (χ3n) is 4.88. The van der Waals surface area contributed by atoms with E-state index in [1.165, 1.54) is 4.31 Å². The zero-order chi connectivity index (χ0) is 19.6. The van der Waals surface area contributed by atoms with Gasteiger partial charge in [-0.05, 0) is 23.8 Å². The summed E-state index contributed by atoms with van der Waals surface area (Å²) < 4.78 is 29.9. The van der Waals surface area contributed by atoms with E-state index < -0.39 is 22.0 Å². The van der Waals surface area contributed by atoms with Gasteiger partial charge in [-0.25, -0.2) is 8.42 Å². The van der Waals surface area contributed by atoms with Crippen molar-refractivity contribution in [1.29, 1.82) is 0 Å². The minimum Gasteiger partial charge on any atom is -0.493 e. The van der Waals surface area contributed by atoms with Crippen molar-refractivity contribution in [2.45, 2.75) is 12.5 Å². The maximum absolute atomic E-state index is 12.4. The zero-order valence-corrected chi connectivity index (χ0v) is 15.9. The number of rotatable bonds is 6. The second-order valence-electron chi connectivity index (χ2n) is 6.68. The van der Waals surface area contributed by atoms with Crippen molar-refractivity contribution >= 4 is 21.9 Å². The fraction of sp³-hybridized carbons (Fsp3) is 0.529. The molecule has 27 heavy (non-hydrogen) atoms. The van der Waals surface area contributed by atoms with Crippen LogP contribution >= 0.6 is 0 Å². The molecule has 0 radical (unpaired) electrons. The highest BCUT2D eigenvalue weighted by Crippen LogP contribution is 2.25. The number of ether oxygens (including phenoxy) is 1. The van der Waals surface area contributed by atoms with Crippen molar-refractivity contribution in [3.8, 4) is 5.75 Å². The van der Waals surface area contributed by atoms with E-state index in [2.05, 4.69) is 5.32 Å². The van der Waals surface area contributed by atoms with E-state index in [1.807, 2.05) is 0 Å². The number of carboxylic acids is 1. The topological polar surface area (TPSA) is 116 Å². The SMILES string of the molecule is CS(=O)(=O)N1CCN(C(CNC(=O)c2ccc3c(c2)CCO3)C(=O)O)CC1. The number of nitrogens with zero attached hydrogens (tertiary/aromatic N) is 2. The summed E-state index contributed by atoms with van der Waals surface area (Å²) in [5.41, 5.74) is 1.43. The maximum atomic E-state index is 12.4. The summed E-state index contributed by atoms with van der Waals surface area (Å²) in [6.07, 6.45) is 1.89. The van der Waals surface area contributed by atoms with Crippen LogP contribution in [0.1, 0.15) is 15.9 Å². The number of amides is 1. The molecule has 1 saturated heterocycles. The second kappa shape index (κ2) is 7.83. The number of nitrogens with one attached hydrogen (secondary N) is 1. The van der Waals surface area contributed by atoms with Crippen LogP contribution in [-0.2, 0) is 21.2 Å². The number of benzene rings is 1. The van der Waals surface area contributed by atoms with Crippen LogP contribution < -0.4 is 10.1 Å². The van der Waals surface area contributed by atoms with Gasteiger partial charge in [0.2, 0.25) is 10.0 Å². The highest BCUT2D eigenvalue weighted by Gasteiger charge is 2.31. The third kappa shape index (κ3) is 4.57. The fourth-order valence-corrected chi connectivity index (χ4v) is 4.17. The minimum atomic E-state index is -3.28. The van der Waals surface area contributed by atoms with Crippen LogP contribution in [0.5, 0.6) is 5.75 Å². The normalized spacial score (nSPS) is 19.1. The lowest BCUT2D eigenvalue weighted by molar-refractivity contribution is -0.143. The molecule has 1 aromatic carbocycles. The van der Waals surface area contributed by atoms with Gasteiger partial charge in [-0.1, -0.05) is 0 Å². The predicted molar refractivity (Wildman–Crippen MR) is 97.4 cm³/mol.